The van der Waals surface area contributed by atoms with Crippen molar-refractivity contribution in [2.75, 3.05) is 11.4 Å². The van der Waals surface area contributed by atoms with Crippen molar-refractivity contribution in [2.45, 2.75) is 59.6 Å². The van der Waals surface area contributed by atoms with Crippen LogP contribution in [0.3, 0.4) is 0 Å². The lowest BCUT2D eigenvalue weighted by Crippen LogP contribution is -2.37. The van der Waals surface area contributed by atoms with E-state index in [1.165, 1.54) is 0 Å². The summed E-state index contributed by atoms with van der Waals surface area (Å²) in [4.78, 5) is 2.42. The summed E-state index contributed by atoms with van der Waals surface area (Å²) in [6, 6.07) is 6.41. The second-order valence-corrected chi connectivity index (χ2v) is 6.31. The Bertz CT molecular complexity index is 413. The molecule has 114 valence electrons. The fourth-order valence-electron chi connectivity index (χ4n) is 2.58. The summed E-state index contributed by atoms with van der Waals surface area (Å²) in [6.07, 6.45) is 1.74. The van der Waals surface area contributed by atoms with E-state index in [0.717, 1.165) is 35.7 Å². The van der Waals surface area contributed by atoms with Gasteiger partial charge in [0.25, 0.3) is 0 Å². The molecule has 0 spiro atoms. The smallest absolute Gasteiger partial charge is 0.0762 e. The molecule has 0 unspecified atom stereocenters. The number of hydrogen-bond acceptors (Lipinski definition) is 2. The Morgan fingerprint density at radius 1 is 1.15 bits per heavy atom. The van der Waals surface area contributed by atoms with E-state index in [-0.39, 0.29) is 0 Å². The first kappa shape index (κ1) is 17.3. The van der Waals surface area contributed by atoms with E-state index < -0.39 is 6.10 Å². The summed E-state index contributed by atoms with van der Waals surface area (Å²) >= 11 is 6.46. The second-order valence-electron chi connectivity index (χ2n) is 5.90. The van der Waals surface area contributed by atoms with Crippen LogP contribution in [0.2, 0.25) is 5.02 Å². The van der Waals surface area contributed by atoms with Crippen LogP contribution in [-0.2, 0) is 0 Å². The fraction of sp³-hybridized carbons (Fsp3) is 0.647. The summed E-state index contributed by atoms with van der Waals surface area (Å²) in [5, 5.41) is 10.4. The molecule has 1 N–H and O–H groups in total. The van der Waals surface area contributed by atoms with Gasteiger partial charge in [-0.25, -0.2) is 0 Å². The normalized spacial score (nSPS) is 13.1. The number of rotatable bonds is 7. The van der Waals surface area contributed by atoms with Crippen molar-refractivity contribution in [2.24, 2.45) is 5.92 Å². The summed E-state index contributed by atoms with van der Waals surface area (Å²) in [6.45, 7) is 11.7. The highest BCUT2D eigenvalue weighted by atomic mass is 35.5. The Kier molecular flexibility index (Phi) is 6.84. The van der Waals surface area contributed by atoms with Crippen molar-refractivity contribution in [3.63, 3.8) is 0 Å². The van der Waals surface area contributed by atoms with Gasteiger partial charge in [-0.2, -0.15) is 0 Å². The number of aliphatic hydroxyl groups is 1. The summed E-state index contributed by atoms with van der Waals surface area (Å²) in [5.41, 5.74) is 1.95. The highest BCUT2D eigenvalue weighted by Gasteiger charge is 2.19. The molecule has 1 rings (SSSR count). The topological polar surface area (TPSA) is 23.5 Å². The minimum absolute atomic E-state index is 0.478. The Balaban J connectivity index is 3.13. The molecule has 0 amide bonds. The van der Waals surface area contributed by atoms with Crippen LogP contribution in [0.1, 0.15) is 59.1 Å². The van der Waals surface area contributed by atoms with E-state index in [0.29, 0.717) is 12.0 Å². The van der Waals surface area contributed by atoms with Gasteiger partial charge < -0.3 is 10.0 Å². The third-order valence-corrected chi connectivity index (χ3v) is 4.01. The maximum absolute atomic E-state index is 9.65. The molecule has 1 atom stereocenters. The molecule has 0 saturated carbocycles. The fourth-order valence-corrected chi connectivity index (χ4v) is 2.88. The number of anilines is 1. The van der Waals surface area contributed by atoms with Gasteiger partial charge in [0.2, 0.25) is 0 Å². The predicted octanol–water partition coefficient (Wildman–Crippen LogP) is 5.04. The molecule has 20 heavy (non-hydrogen) atoms. The first-order valence-electron chi connectivity index (χ1n) is 7.64. The molecule has 0 heterocycles. The molecule has 0 fully saturated rings. The van der Waals surface area contributed by atoms with Crippen LogP contribution in [-0.4, -0.2) is 17.7 Å². The number of halogens is 1. The van der Waals surface area contributed by atoms with Gasteiger partial charge >= 0.3 is 0 Å². The molecule has 1 aromatic rings. The maximum atomic E-state index is 9.65. The van der Waals surface area contributed by atoms with Crippen LogP contribution >= 0.6 is 11.6 Å². The zero-order valence-electron chi connectivity index (χ0n) is 13.4. The van der Waals surface area contributed by atoms with Crippen molar-refractivity contribution in [1.82, 2.24) is 0 Å². The molecule has 2 nitrogen and oxygen atoms in total. The van der Waals surface area contributed by atoms with Crippen molar-refractivity contribution in [3.8, 4) is 0 Å². The average molecular weight is 298 g/mol. The van der Waals surface area contributed by atoms with Crippen LogP contribution in [0, 0.1) is 5.92 Å². The van der Waals surface area contributed by atoms with Gasteiger partial charge in [-0.15, -0.1) is 0 Å². The standard InChI is InChI=1S/C17H28ClNO/c1-6-15(7-2)19(11-12(3)4)17-9-8-14(13(5)20)10-16(17)18/h8-10,12-13,15,20H,6-7,11H2,1-5H3/t13-/m1/s1. The summed E-state index contributed by atoms with van der Waals surface area (Å²) < 4.78 is 0. The molecule has 1 aromatic carbocycles. The first-order valence-corrected chi connectivity index (χ1v) is 8.02. The summed E-state index contributed by atoms with van der Waals surface area (Å²) in [7, 11) is 0. The van der Waals surface area contributed by atoms with E-state index in [2.05, 4.69) is 32.6 Å². The van der Waals surface area contributed by atoms with Gasteiger partial charge in [0, 0.05) is 12.6 Å². The molecule has 0 aliphatic rings. The molecule has 0 radical (unpaired) electrons. The van der Waals surface area contributed by atoms with Crippen molar-refractivity contribution >= 4 is 17.3 Å². The number of aliphatic hydroxyl groups excluding tert-OH is 1. The lowest BCUT2D eigenvalue weighted by molar-refractivity contribution is 0.199. The molecule has 3 heteroatoms. The Morgan fingerprint density at radius 3 is 2.15 bits per heavy atom. The molecule has 0 bridgehead atoms. The predicted molar refractivity (Wildman–Crippen MR) is 88.6 cm³/mol. The highest BCUT2D eigenvalue weighted by Crippen LogP contribution is 2.32. The highest BCUT2D eigenvalue weighted by molar-refractivity contribution is 6.33. The van der Waals surface area contributed by atoms with Gasteiger partial charge in [0.1, 0.15) is 0 Å². The minimum atomic E-state index is -0.478. The van der Waals surface area contributed by atoms with Crippen molar-refractivity contribution < 1.29 is 5.11 Å². The van der Waals surface area contributed by atoms with Gasteiger partial charge in [0.15, 0.2) is 0 Å². The second kappa shape index (κ2) is 7.90. The summed E-state index contributed by atoms with van der Waals surface area (Å²) in [5.74, 6) is 0.586. The van der Waals surface area contributed by atoms with Crippen LogP contribution in [0.4, 0.5) is 5.69 Å². The Labute approximate surface area is 128 Å². The monoisotopic (exact) mass is 297 g/mol. The lowest BCUT2D eigenvalue weighted by Gasteiger charge is -2.35. The zero-order chi connectivity index (χ0) is 15.3. The SMILES string of the molecule is CCC(CC)N(CC(C)C)c1ccc([C@@H](C)O)cc1Cl. The minimum Gasteiger partial charge on any atom is -0.389 e. The van der Waals surface area contributed by atoms with Crippen LogP contribution in [0.25, 0.3) is 0 Å². The van der Waals surface area contributed by atoms with Gasteiger partial charge in [-0.05, 0) is 43.4 Å². The average Bonchev–Trinajstić information content (AvgIpc) is 2.38. The third kappa shape index (κ3) is 4.39. The van der Waals surface area contributed by atoms with Crippen LogP contribution in [0.5, 0.6) is 0 Å². The lowest BCUT2D eigenvalue weighted by atomic mass is 10.0. The first-order chi connectivity index (χ1) is 9.40. The number of nitrogens with zero attached hydrogens (tertiary/aromatic N) is 1. The van der Waals surface area contributed by atoms with E-state index in [1.54, 1.807) is 6.92 Å². The molecule has 0 aliphatic carbocycles. The van der Waals surface area contributed by atoms with Crippen LogP contribution in [0.15, 0.2) is 18.2 Å². The van der Waals surface area contributed by atoms with E-state index >= 15 is 0 Å². The molecular weight excluding hydrogens is 270 g/mol. The molecule has 0 saturated heterocycles. The Hall–Kier alpha value is -0.730. The van der Waals surface area contributed by atoms with Gasteiger partial charge in [-0.3, -0.25) is 0 Å². The molecule has 0 aromatic heterocycles. The van der Waals surface area contributed by atoms with Gasteiger partial charge in [-0.1, -0.05) is 45.4 Å². The largest absolute Gasteiger partial charge is 0.389 e. The maximum Gasteiger partial charge on any atom is 0.0762 e. The number of benzene rings is 1. The van der Waals surface area contributed by atoms with Crippen LogP contribution < -0.4 is 4.90 Å². The van der Waals surface area contributed by atoms with E-state index in [1.807, 2.05) is 18.2 Å². The third-order valence-electron chi connectivity index (χ3n) is 3.71. The van der Waals surface area contributed by atoms with Crippen molar-refractivity contribution in [3.05, 3.63) is 28.8 Å². The zero-order valence-corrected chi connectivity index (χ0v) is 14.1. The van der Waals surface area contributed by atoms with Gasteiger partial charge in [0.05, 0.1) is 16.8 Å². The number of hydrogen-bond donors (Lipinski definition) is 1. The molecule has 0 aliphatic heterocycles. The van der Waals surface area contributed by atoms with Crippen molar-refractivity contribution in [1.29, 1.82) is 0 Å². The molecular formula is C17H28ClNO. The van der Waals surface area contributed by atoms with E-state index in [9.17, 15) is 5.11 Å². The Morgan fingerprint density at radius 2 is 1.75 bits per heavy atom. The quantitative estimate of drug-likeness (QED) is 0.762. The van der Waals surface area contributed by atoms with E-state index in [4.69, 9.17) is 11.6 Å².